The Labute approximate surface area is 127 Å². The highest BCUT2D eigenvalue weighted by Gasteiger charge is 2.24. The summed E-state index contributed by atoms with van der Waals surface area (Å²) in [6, 6.07) is 14.0. The third kappa shape index (κ3) is 3.26. The summed E-state index contributed by atoms with van der Waals surface area (Å²) in [6.45, 7) is 5.84. The number of hydrogen-bond donors (Lipinski definition) is 1. The van der Waals surface area contributed by atoms with E-state index >= 15 is 0 Å². The van der Waals surface area contributed by atoms with Crippen LogP contribution in [-0.4, -0.2) is 29.6 Å². The van der Waals surface area contributed by atoms with E-state index in [1.165, 1.54) is 0 Å². The lowest BCUT2D eigenvalue weighted by Gasteiger charge is -2.27. The Kier molecular flexibility index (Phi) is 4.09. The molecular weight excluding hydrogens is 258 g/mol. The van der Waals surface area contributed by atoms with Gasteiger partial charge >= 0.3 is 0 Å². The van der Waals surface area contributed by atoms with Gasteiger partial charge in [0.25, 0.3) is 0 Å². The minimum absolute atomic E-state index is 0.283. The summed E-state index contributed by atoms with van der Waals surface area (Å²) in [5, 5.41) is 13.0. The monoisotopic (exact) mass is 281 g/mol. The number of fused-ring (bicyclic) bond motifs is 1. The molecule has 0 aromatic heterocycles. The van der Waals surface area contributed by atoms with Gasteiger partial charge in [-0.15, -0.1) is 0 Å². The highest BCUT2D eigenvalue weighted by molar-refractivity contribution is 5.86. The fraction of sp³-hybridized carbons (Fsp3) is 0.368. The van der Waals surface area contributed by atoms with E-state index in [9.17, 15) is 5.11 Å². The van der Waals surface area contributed by atoms with Gasteiger partial charge in [-0.1, -0.05) is 54.3 Å². The molecule has 1 unspecified atom stereocenters. The van der Waals surface area contributed by atoms with Crippen LogP contribution in [0, 0.1) is 11.8 Å². The zero-order valence-corrected chi connectivity index (χ0v) is 13.4. The van der Waals surface area contributed by atoms with Gasteiger partial charge in [-0.2, -0.15) is 0 Å². The predicted molar refractivity (Wildman–Crippen MR) is 89.1 cm³/mol. The van der Waals surface area contributed by atoms with E-state index in [1.54, 1.807) is 6.92 Å². The fourth-order valence-electron chi connectivity index (χ4n) is 2.10. The van der Waals surface area contributed by atoms with Crippen molar-refractivity contribution >= 4 is 10.8 Å². The van der Waals surface area contributed by atoms with E-state index in [2.05, 4.69) is 11.8 Å². The lowest BCUT2D eigenvalue weighted by molar-refractivity contribution is 0.123. The lowest BCUT2D eigenvalue weighted by Crippen LogP contribution is -2.37. The molecule has 21 heavy (non-hydrogen) atoms. The number of benzene rings is 2. The molecule has 0 aliphatic carbocycles. The number of nitrogens with zero attached hydrogens (tertiary/aromatic N) is 1. The van der Waals surface area contributed by atoms with Gasteiger partial charge in [-0.25, -0.2) is 0 Å². The molecule has 0 spiro atoms. The van der Waals surface area contributed by atoms with Crippen LogP contribution in [-0.2, 0) is 5.60 Å². The van der Waals surface area contributed by atoms with Crippen molar-refractivity contribution in [1.82, 2.24) is 4.90 Å². The summed E-state index contributed by atoms with van der Waals surface area (Å²) in [5.41, 5.74) is -0.606. The van der Waals surface area contributed by atoms with Crippen molar-refractivity contribution in [1.29, 1.82) is 0 Å². The Bertz CT molecular complexity index is 697. The molecule has 1 atom stereocenters. The number of hydrogen-bond acceptors (Lipinski definition) is 2. The maximum absolute atomic E-state index is 10.8. The normalized spacial score (nSPS) is 14.6. The Morgan fingerprint density at radius 2 is 1.52 bits per heavy atom. The van der Waals surface area contributed by atoms with Crippen molar-refractivity contribution in [2.45, 2.75) is 31.9 Å². The van der Waals surface area contributed by atoms with Crippen molar-refractivity contribution in [3.05, 3.63) is 48.0 Å². The molecule has 1 N–H and O–H groups in total. The van der Waals surface area contributed by atoms with Crippen LogP contribution < -0.4 is 0 Å². The van der Waals surface area contributed by atoms with Crippen molar-refractivity contribution in [2.75, 3.05) is 14.1 Å². The van der Waals surface area contributed by atoms with E-state index in [4.69, 9.17) is 0 Å². The van der Waals surface area contributed by atoms with Crippen LogP contribution in [0.4, 0.5) is 0 Å². The van der Waals surface area contributed by atoms with Crippen molar-refractivity contribution < 1.29 is 5.11 Å². The minimum Gasteiger partial charge on any atom is -0.374 e. The topological polar surface area (TPSA) is 23.5 Å². The summed E-state index contributed by atoms with van der Waals surface area (Å²) in [4.78, 5) is 2.04. The van der Waals surface area contributed by atoms with Crippen molar-refractivity contribution in [3.8, 4) is 11.8 Å². The molecule has 0 saturated heterocycles. The first kappa shape index (κ1) is 15.6. The highest BCUT2D eigenvalue weighted by atomic mass is 16.3. The summed E-state index contributed by atoms with van der Waals surface area (Å²) < 4.78 is 0. The molecule has 0 aliphatic heterocycles. The van der Waals surface area contributed by atoms with E-state index in [-0.39, 0.29) is 5.54 Å². The van der Waals surface area contributed by atoms with Crippen molar-refractivity contribution in [2.24, 2.45) is 0 Å². The second kappa shape index (κ2) is 5.52. The van der Waals surface area contributed by atoms with E-state index in [0.717, 1.165) is 16.3 Å². The van der Waals surface area contributed by atoms with Crippen LogP contribution in [0.1, 0.15) is 26.3 Å². The van der Waals surface area contributed by atoms with Gasteiger partial charge in [-0.05, 0) is 45.6 Å². The van der Waals surface area contributed by atoms with Crippen LogP contribution >= 0.6 is 0 Å². The first-order chi connectivity index (χ1) is 9.74. The van der Waals surface area contributed by atoms with Gasteiger partial charge in [-0.3, -0.25) is 4.90 Å². The van der Waals surface area contributed by atoms with Gasteiger partial charge in [0.1, 0.15) is 5.60 Å². The second-order valence-electron chi connectivity index (χ2n) is 6.30. The quantitative estimate of drug-likeness (QED) is 0.853. The molecule has 110 valence electrons. The van der Waals surface area contributed by atoms with E-state index < -0.39 is 5.60 Å². The predicted octanol–water partition coefficient (Wildman–Crippen LogP) is 3.39. The number of rotatable bonds is 2. The highest BCUT2D eigenvalue weighted by Crippen LogP contribution is 2.28. The average Bonchev–Trinajstić information content (AvgIpc) is 2.44. The third-order valence-corrected chi connectivity index (χ3v) is 4.04. The summed E-state index contributed by atoms with van der Waals surface area (Å²) in [7, 11) is 3.97. The molecule has 2 aromatic carbocycles. The molecule has 2 aromatic rings. The Hall–Kier alpha value is -1.82. The van der Waals surface area contributed by atoms with Crippen molar-refractivity contribution in [3.63, 3.8) is 0 Å². The largest absolute Gasteiger partial charge is 0.374 e. The molecule has 0 bridgehead atoms. The Morgan fingerprint density at radius 1 is 0.905 bits per heavy atom. The Balaban J connectivity index is 2.51. The third-order valence-electron chi connectivity index (χ3n) is 4.04. The zero-order valence-electron chi connectivity index (χ0n) is 13.4. The van der Waals surface area contributed by atoms with Crippen LogP contribution in [0.25, 0.3) is 10.8 Å². The molecule has 0 radical (unpaired) electrons. The standard InChI is InChI=1S/C19H23NO/c1-18(2,20(4)5)13-14-19(3,21)17-12-8-10-15-9-6-7-11-16(15)17/h6-12,21H,1-5H3. The van der Waals surface area contributed by atoms with Crippen LogP contribution in [0.5, 0.6) is 0 Å². The average molecular weight is 281 g/mol. The molecule has 0 heterocycles. The van der Waals surface area contributed by atoms with Crippen LogP contribution in [0.15, 0.2) is 42.5 Å². The van der Waals surface area contributed by atoms with Gasteiger partial charge in [0, 0.05) is 5.56 Å². The first-order valence-corrected chi connectivity index (χ1v) is 7.16. The van der Waals surface area contributed by atoms with Gasteiger partial charge in [0.2, 0.25) is 0 Å². The van der Waals surface area contributed by atoms with Crippen LogP contribution in [0.3, 0.4) is 0 Å². The van der Waals surface area contributed by atoms with Gasteiger partial charge in [0.05, 0.1) is 5.54 Å². The molecule has 0 fully saturated rings. The minimum atomic E-state index is -1.17. The molecule has 0 aliphatic rings. The first-order valence-electron chi connectivity index (χ1n) is 7.16. The van der Waals surface area contributed by atoms with E-state index in [1.807, 2.05) is 75.3 Å². The fourth-order valence-corrected chi connectivity index (χ4v) is 2.10. The SMILES string of the molecule is CN(C)C(C)(C)C#CC(C)(O)c1cccc2ccccc12. The molecule has 0 saturated carbocycles. The Morgan fingerprint density at radius 3 is 2.19 bits per heavy atom. The summed E-state index contributed by atoms with van der Waals surface area (Å²) in [5.74, 6) is 6.24. The maximum Gasteiger partial charge on any atom is 0.148 e. The summed E-state index contributed by atoms with van der Waals surface area (Å²) in [6.07, 6.45) is 0. The maximum atomic E-state index is 10.8. The number of aliphatic hydroxyl groups is 1. The lowest BCUT2D eigenvalue weighted by atomic mass is 9.90. The second-order valence-corrected chi connectivity index (χ2v) is 6.30. The molecule has 2 nitrogen and oxygen atoms in total. The zero-order chi connectivity index (χ0) is 15.7. The van der Waals surface area contributed by atoms with Gasteiger partial charge < -0.3 is 5.11 Å². The molecule has 2 rings (SSSR count). The molecular formula is C19H23NO. The molecule has 0 amide bonds. The van der Waals surface area contributed by atoms with E-state index in [0.29, 0.717) is 0 Å². The summed E-state index contributed by atoms with van der Waals surface area (Å²) >= 11 is 0. The van der Waals surface area contributed by atoms with Crippen LogP contribution in [0.2, 0.25) is 0 Å². The van der Waals surface area contributed by atoms with Gasteiger partial charge in [0.15, 0.2) is 0 Å². The smallest absolute Gasteiger partial charge is 0.148 e. The molecule has 2 heteroatoms.